The van der Waals surface area contributed by atoms with E-state index >= 15 is 0 Å². The minimum absolute atomic E-state index is 0.0416. The predicted molar refractivity (Wildman–Crippen MR) is 56.3 cm³/mol. The number of hydrogen-bond acceptors (Lipinski definition) is 4. The normalized spacial score (nSPS) is 32.0. The van der Waals surface area contributed by atoms with Gasteiger partial charge in [0.2, 0.25) is 0 Å². The van der Waals surface area contributed by atoms with Crippen molar-refractivity contribution in [1.29, 1.82) is 0 Å². The molecule has 0 aromatic heterocycles. The smallest absolute Gasteiger partial charge is 0.316 e. The maximum absolute atomic E-state index is 11.7. The molecule has 0 aliphatic heterocycles. The molecule has 3 unspecified atom stereocenters. The number of ether oxygens (including phenoxy) is 2. The lowest BCUT2D eigenvalue weighted by molar-refractivity contribution is -0.149. The van der Waals surface area contributed by atoms with Gasteiger partial charge in [0, 0.05) is 12.3 Å². The summed E-state index contributed by atoms with van der Waals surface area (Å²) >= 11 is 0. The van der Waals surface area contributed by atoms with Crippen LogP contribution in [0, 0.1) is 17.8 Å². The average Bonchev–Trinajstić information content (AvgIpc) is 2.62. The van der Waals surface area contributed by atoms with Crippen molar-refractivity contribution in [2.45, 2.75) is 6.42 Å². The molecule has 4 heteroatoms. The first-order chi connectivity index (χ1) is 7.67. The van der Waals surface area contributed by atoms with Crippen LogP contribution in [0.3, 0.4) is 0 Å². The molecule has 86 valence electrons. The number of Topliss-reactive ketones (excluding diaryl/α,β-unsaturated/α-hetero) is 1. The summed E-state index contributed by atoms with van der Waals surface area (Å²) in [5.74, 6) is -0.368. The van der Waals surface area contributed by atoms with Crippen molar-refractivity contribution in [3.8, 4) is 0 Å². The number of allylic oxidation sites excluding steroid dienone is 3. The first-order valence-corrected chi connectivity index (χ1v) is 5.22. The summed E-state index contributed by atoms with van der Waals surface area (Å²) in [5.41, 5.74) is 0. The van der Waals surface area contributed by atoms with Crippen LogP contribution in [-0.4, -0.2) is 26.0 Å². The summed E-state index contributed by atoms with van der Waals surface area (Å²) in [7, 11) is 2.90. The number of rotatable bonds is 2. The van der Waals surface area contributed by atoms with Crippen molar-refractivity contribution in [2.75, 3.05) is 14.2 Å². The third kappa shape index (κ3) is 1.64. The van der Waals surface area contributed by atoms with Crippen LogP contribution >= 0.6 is 0 Å². The van der Waals surface area contributed by atoms with Crippen LogP contribution in [0.2, 0.25) is 0 Å². The molecule has 1 saturated carbocycles. The largest absolute Gasteiger partial charge is 0.497 e. The Kier molecular flexibility index (Phi) is 2.81. The van der Waals surface area contributed by atoms with Gasteiger partial charge in [0.15, 0.2) is 0 Å². The van der Waals surface area contributed by atoms with Gasteiger partial charge in [-0.2, -0.15) is 0 Å². The lowest BCUT2D eigenvalue weighted by atomic mass is 9.86. The topological polar surface area (TPSA) is 52.6 Å². The van der Waals surface area contributed by atoms with E-state index in [0.717, 1.165) is 5.76 Å². The fourth-order valence-electron chi connectivity index (χ4n) is 2.41. The van der Waals surface area contributed by atoms with E-state index in [0.29, 0.717) is 6.42 Å². The van der Waals surface area contributed by atoms with Crippen LogP contribution in [0.5, 0.6) is 0 Å². The van der Waals surface area contributed by atoms with Crippen molar-refractivity contribution in [3.63, 3.8) is 0 Å². The molecule has 0 saturated heterocycles. The highest BCUT2D eigenvalue weighted by Crippen LogP contribution is 2.40. The van der Waals surface area contributed by atoms with Crippen LogP contribution in [0.25, 0.3) is 0 Å². The van der Waals surface area contributed by atoms with Gasteiger partial charge in [0.25, 0.3) is 0 Å². The van der Waals surface area contributed by atoms with E-state index in [2.05, 4.69) is 4.74 Å². The first kappa shape index (κ1) is 10.9. The zero-order chi connectivity index (χ0) is 11.7. The lowest BCUT2D eigenvalue weighted by Crippen LogP contribution is -2.27. The Labute approximate surface area is 93.9 Å². The highest BCUT2D eigenvalue weighted by Gasteiger charge is 2.46. The quantitative estimate of drug-likeness (QED) is 0.518. The van der Waals surface area contributed by atoms with Crippen LogP contribution < -0.4 is 0 Å². The summed E-state index contributed by atoms with van der Waals surface area (Å²) in [5, 5.41) is 0. The summed E-state index contributed by atoms with van der Waals surface area (Å²) in [4.78, 5) is 23.2. The fourth-order valence-corrected chi connectivity index (χ4v) is 2.41. The molecule has 0 N–H and O–H groups in total. The Morgan fingerprint density at radius 2 is 2.19 bits per heavy atom. The van der Waals surface area contributed by atoms with E-state index in [-0.39, 0.29) is 17.6 Å². The van der Waals surface area contributed by atoms with Crippen LogP contribution in [0.4, 0.5) is 0 Å². The van der Waals surface area contributed by atoms with E-state index in [4.69, 9.17) is 4.74 Å². The molecule has 0 aromatic rings. The summed E-state index contributed by atoms with van der Waals surface area (Å²) in [6.45, 7) is 0. The van der Waals surface area contributed by atoms with Gasteiger partial charge in [0.05, 0.1) is 14.2 Å². The van der Waals surface area contributed by atoms with Crippen LogP contribution in [-0.2, 0) is 19.1 Å². The third-order valence-corrected chi connectivity index (χ3v) is 3.21. The number of carbonyl (C=O) groups is 2. The number of methoxy groups -OCH3 is 2. The molecule has 2 aliphatic rings. The number of carbonyl (C=O) groups excluding carboxylic acids is 2. The molecule has 4 nitrogen and oxygen atoms in total. The maximum atomic E-state index is 11.7. The highest BCUT2D eigenvalue weighted by molar-refractivity contribution is 6.01. The SMILES string of the molecule is COC(=O)C1C(=O)CC2C=C(OC)C=CC21. The van der Waals surface area contributed by atoms with Gasteiger partial charge in [0.1, 0.15) is 17.5 Å². The first-order valence-electron chi connectivity index (χ1n) is 5.22. The predicted octanol–water partition coefficient (Wildman–Crippen LogP) is 1.08. The zero-order valence-electron chi connectivity index (χ0n) is 9.30. The summed E-state index contributed by atoms with van der Waals surface area (Å²) < 4.78 is 9.76. The molecule has 2 rings (SSSR count). The Bertz CT molecular complexity index is 380. The molecule has 0 heterocycles. The fraction of sp³-hybridized carbons (Fsp3) is 0.500. The zero-order valence-corrected chi connectivity index (χ0v) is 9.30. The molecule has 3 atom stereocenters. The van der Waals surface area contributed by atoms with Crippen molar-refractivity contribution in [3.05, 3.63) is 24.0 Å². The highest BCUT2D eigenvalue weighted by atomic mass is 16.5. The number of esters is 1. The average molecular weight is 222 g/mol. The van der Waals surface area contributed by atoms with Gasteiger partial charge < -0.3 is 9.47 Å². The molecule has 0 radical (unpaired) electrons. The van der Waals surface area contributed by atoms with Crippen molar-refractivity contribution >= 4 is 11.8 Å². The van der Waals surface area contributed by atoms with Gasteiger partial charge in [-0.1, -0.05) is 6.08 Å². The Morgan fingerprint density at radius 3 is 2.81 bits per heavy atom. The van der Waals surface area contributed by atoms with Crippen LogP contribution in [0.15, 0.2) is 24.0 Å². The minimum atomic E-state index is -0.638. The van der Waals surface area contributed by atoms with Crippen molar-refractivity contribution < 1.29 is 19.1 Å². The third-order valence-electron chi connectivity index (χ3n) is 3.21. The van der Waals surface area contributed by atoms with E-state index in [9.17, 15) is 9.59 Å². The molecular formula is C12H14O4. The summed E-state index contributed by atoms with van der Waals surface area (Å²) in [6.07, 6.45) is 5.97. The molecule has 16 heavy (non-hydrogen) atoms. The number of ketones is 1. The Morgan fingerprint density at radius 1 is 1.44 bits per heavy atom. The standard InChI is InChI=1S/C12H14O4/c1-15-8-3-4-9-7(5-8)6-10(13)11(9)12(14)16-2/h3-5,7,9,11H,6H2,1-2H3. The second-order valence-corrected chi connectivity index (χ2v) is 4.04. The maximum Gasteiger partial charge on any atom is 0.316 e. The molecule has 1 fully saturated rings. The second-order valence-electron chi connectivity index (χ2n) is 4.04. The van der Waals surface area contributed by atoms with E-state index in [1.54, 1.807) is 13.2 Å². The van der Waals surface area contributed by atoms with E-state index < -0.39 is 11.9 Å². The molecule has 0 aromatic carbocycles. The molecular weight excluding hydrogens is 208 g/mol. The Balaban J connectivity index is 2.23. The number of fused-ring (bicyclic) bond motifs is 1. The number of hydrogen-bond donors (Lipinski definition) is 0. The second kappa shape index (κ2) is 4.12. The molecule has 0 amide bonds. The van der Waals surface area contributed by atoms with Gasteiger partial charge in [-0.05, 0) is 18.1 Å². The lowest BCUT2D eigenvalue weighted by Gasteiger charge is -2.20. The van der Waals surface area contributed by atoms with Crippen molar-refractivity contribution in [1.82, 2.24) is 0 Å². The molecule has 2 aliphatic carbocycles. The van der Waals surface area contributed by atoms with E-state index in [1.807, 2.05) is 12.2 Å². The minimum Gasteiger partial charge on any atom is -0.497 e. The van der Waals surface area contributed by atoms with Gasteiger partial charge >= 0.3 is 5.97 Å². The van der Waals surface area contributed by atoms with Crippen molar-refractivity contribution in [2.24, 2.45) is 17.8 Å². The Hall–Kier alpha value is -1.58. The van der Waals surface area contributed by atoms with E-state index in [1.165, 1.54) is 7.11 Å². The monoisotopic (exact) mass is 222 g/mol. The molecule has 0 spiro atoms. The van der Waals surface area contributed by atoms with Gasteiger partial charge in [-0.15, -0.1) is 0 Å². The molecule has 0 bridgehead atoms. The van der Waals surface area contributed by atoms with Gasteiger partial charge in [-0.3, -0.25) is 9.59 Å². The van der Waals surface area contributed by atoms with Crippen LogP contribution in [0.1, 0.15) is 6.42 Å². The summed E-state index contributed by atoms with van der Waals surface area (Å²) in [6, 6.07) is 0. The van der Waals surface area contributed by atoms with Gasteiger partial charge in [-0.25, -0.2) is 0 Å².